The molecule has 1 heterocycles. The second kappa shape index (κ2) is 6.93. The molecule has 0 aliphatic carbocycles. The Hall–Kier alpha value is -2.04. The summed E-state index contributed by atoms with van der Waals surface area (Å²) < 4.78 is 0. The van der Waals surface area contributed by atoms with Crippen molar-refractivity contribution in [2.45, 2.75) is 19.8 Å². The second-order valence-electron chi connectivity index (χ2n) is 4.93. The molecule has 0 spiro atoms. The van der Waals surface area contributed by atoms with Crippen molar-refractivity contribution in [3.63, 3.8) is 0 Å². The van der Waals surface area contributed by atoms with Gasteiger partial charge in [0.25, 0.3) is 5.91 Å². The summed E-state index contributed by atoms with van der Waals surface area (Å²) in [6.45, 7) is 4.43. The number of carbonyl (C=O) groups is 2. The maximum Gasteiger partial charge on any atom is 0.254 e. The van der Waals surface area contributed by atoms with E-state index < -0.39 is 0 Å². The molecule has 2 N–H and O–H groups in total. The summed E-state index contributed by atoms with van der Waals surface area (Å²) in [7, 11) is 0. The quantitative estimate of drug-likeness (QED) is 0.874. The van der Waals surface area contributed by atoms with E-state index in [1.165, 1.54) is 0 Å². The van der Waals surface area contributed by atoms with Crippen LogP contribution >= 0.6 is 0 Å². The van der Waals surface area contributed by atoms with Gasteiger partial charge in [0.05, 0.1) is 6.54 Å². The smallest absolute Gasteiger partial charge is 0.254 e. The van der Waals surface area contributed by atoms with Gasteiger partial charge in [-0.1, -0.05) is 6.92 Å². The number of rotatable bonds is 4. The van der Waals surface area contributed by atoms with E-state index in [1.807, 2.05) is 24.3 Å². The van der Waals surface area contributed by atoms with Crippen molar-refractivity contribution < 1.29 is 9.59 Å². The molecule has 1 aromatic carbocycles. The highest BCUT2D eigenvalue weighted by atomic mass is 16.2. The van der Waals surface area contributed by atoms with E-state index >= 15 is 0 Å². The summed E-state index contributed by atoms with van der Waals surface area (Å²) >= 11 is 0. The number of nitrogens with zero attached hydrogens (tertiary/aromatic N) is 1. The molecule has 108 valence electrons. The van der Waals surface area contributed by atoms with Gasteiger partial charge in [0.2, 0.25) is 5.91 Å². The Morgan fingerprint density at radius 3 is 2.80 bits per heavy atom. The fraction of sp³-hybridized carbons (Fsp3) is 0.467. The van der Waals surface area contributed by atoms with E-state index in [4.69, 9.17) is 0 Å². The van der Waals surface area contributed by atoms with Crippen molar-refractivity contribution in [3.8, 4) is 0 Å². The lowest BCUT2D eigenvalue weighted by Crippen LogP contribution is -2.37. The molecule has 1 aliphatic heterocycles. The van der Waals surface area contributed by atoms with Crippen LogP contribution < -0.4 is 10.6 Å². The van der Waals surface area contributed by atoms with E-state index in [0.29, 0.717) is 18.7 Å². The standard InChI is InChI=1S/C15H21N3O2/c1-2-8-16-13-6-4-12(5-7-13)15(20)18-10-3-9-17-14(19)11-18/h4-7,16H,2-3,8-11H2,1H3,(H,17,19). The van der Waals surface area contributed by atoms with Gasteiger partial charge in [0, 0.05) is 30.9 Å². The number of carbonyl (C=O) groups excluding carboxylic acids is 2. The first-order valence-electron chi connectivity index (χ1n) is 7.10. The molecule has 5 heteroatoms. The minimum atomic E-state index is -0.0860. The molecule has 0 aromatic heterocycles. The Morgan fingerprint density at radius 2 is 2.10 bits per heavy atom. The molecule has 5 nitrogen and oxygen atoms in total. The SMILES string of the molecule is CCCNc1ccc(C(=O)N2CCCNC(=O)C2)cc1. The lowest BCUT2D eigenvalue weighted by Gasteiger charge is -2.19. The van der Waals surface area contributed by atoms with Crippen molar-refractivity contribution in [1.29, 1.82) is 0 Å². The molecule has 0 unspecified atom stereocenters. The largest absolute Gasteiger partial charge is 0.385 e. The summed E-state index contributed by atoms with van der Waals surface area (Å²) in [5.74, 6) is -0.166. The van der Waals surface area contributed by atoms with Crippen molar-refractivity contribution in [2.24, 2.45) is 0 Å². The molecule has 1 saturated heterocycles. The number of hydrogen-bond donors (Lipinski definition) is 2. The van der Waals surface area contributed by atoms with Crippen LogP contribution in [0.2, 0.25) is 0 Å². The van der Waals surface area contributed by atoms with E-state index in [0.717, 1.165) is 25.1 Å². The molecule has 20 heavy (non-hydrogen) atoms. The van der Waals surface area contributed by atoms with Crippen molar-refractivity contribution >= 4 is 17.5 Å². The third-order valence-electron chi connectivity index (χ3n) is 3.26. The molecule has 1 aromatic rings. The van der Waals surface area contributed by atoms with Gasteiger partial charge >= 0.3 is 0 Å². The van der Waals surface area contributed by atoms with Crippen LogP contribution in [0.15, 0.2) is 24.3 Å². The first kappa shape index (κ1) is 14.4. The average molecular weight is 275 g/mol. The summed E-state index contributed by atoms with van der Waals surface area (Å²) in [4.78, 5) is 25.4. The Labute approximate surface area is 119 Å². The minimum absolute atomic E-state index is 0.0795. The third-order valence-corrected chi connectivity index (χ3v) is 3.26. The molecular weight excluding hydrogens is 254 g/mol. The average Bonchev–Trinajstić information content (AvgIpc) is 2.69. The predicted octanol–water partition coefficient (Wildman–Crippen LogP) is 1.47. The van der Waals surface area contributed by atoms with Gasteiger partial charge in [-0.05, 0) is 37.1 Å². The van der Waals surface area contributed by atoms with Gasteiger partial charge in [0.15, 0.2) is 0 Å². The fourth-order valence-electron chi connectivity index (χ4n) is 2.16. The highest BCUT2D eigenvalue weighted by molar-refractivity contribution is 5.96. The summed E-state index contributed by atoms with van der Waals surface area (Å²) in [5.41, 5.74) is 1.64. The molecule has 0 radical (unpaired) electrons. The molecule has 1 aliphatic rings. The lowest BCUT2D eigenvalue weighted by molar-refractivity contribution is -0.121. The second-order valence-corrected chi connectivity index (χ2v) is 4.93. The van der Waals surface area contributed by atoms with E-state index in [1.54, 1.807) is 4.90 Å². The Balaban J connectivity index is 2.02. The van der Waals surface area contributed by atoms with Crippen molar-refractivity contribution in [3.05, 3.63) is 29.8 Å². The van der Waals surface area contributed by atoms with Crippen molar-refractivity contribution in [1.82, 2.24) is 10.2 Å². The highest BCUT2D eigenvalue weighted by Crippen LogP contribution is 2.12. The Bertz CT molecular complexity index is 471. The first-order chi connectivity index (χ1) is 9.70. The normalized spacial score (nSPS) is 15.4. The zero-order valence-electron chi connectivity index (χ0n) is 11.8. The summed E-state index contributed by atoms with van der Waals surface area (Å²) in [6, 6.07) is 7.42. The molecule has 0 atom stereocenters. The van der Waals surface area contributed by atoms with Crippen LogP contribution in [0.4, 0.5) is 5.69 Å². The fourth-order valence-corrected chi connectivity index (χ4v) is 2.16. The van der Waals surface area contributed by atoms with Crippen molar-refractivity contribution in [2.75, 3.05) is 31.5 Å². The third kappa shape index (κ3) is 3.73. The van der Waals surface area contributed by atoms with E-state index in [2.05, 4.69) is 17.6 Å². The van der Waals surface area contributed by atoms with Gasteiger partial charge in [-0.2, -0.15) is 0 Å². The number of anilines is 1. The maximum absolute atomic E-state index is 12.3. The number of amides is 2. The summed E-state index contributed by atoms with van der Waals surface area (Å²) in [5, 5.41) is 6.04. The highest BCUT2D eigenvalue weighted by Gasteiger charge is 2.20. The lowest BCUT2D eigenvalue weighted by atomic mass is 10.1. The maximum atomic E-state index is 12.3. The zero-order valence-corrected chi connectivity index (χ0v) is 11.8. The molecular formula is C15H21N3O2. The van der Waals surface area contributed by atoms with Crippen LogP contribution in [0.5, 0.6) is 0 Å². The monoisotopic (exact) mass is 275 g/mol. The predicted molar refractivity (Wildman–Crippen MR) is 78.8 cm³/mol. The molecule has 0 bridgehead atoms. The summed E-state index contributed by atoms with van der Waals surface area (Å²) in [6.07, 6.45) is 1.86. The van der Waals surface area contributed by atoms with Crippen LogP contribution in [0.3, 0.4) is 0 Å². The van der Waals surface area contributed by atoms with Crippen LogP contribution in [-0.2, 0) is 4.79 Å². The molecule has 1 fully saturated rings. The van der Waals surface area contributed by atoms with Gasteiger partial charge in [0.1, 0.15) is 0 Å². The van der Waals surface area contributed by atoms with Gasteiger partial charge in [-0.25, -0.2) is 0 Å². The van der Waals surface area contributed by atoms with Crippen LogP contribution in [0, 0.1) is 0 Å². The number of benzene rings is 1. The van der Waals surface area contributed by atoms with Crippen LogP contribution in [-0.4, -0.2) is 42.9 Å². The molecule has 2 amide bonds. The number of hydrogen-bond acceptors (Lipinski definition) is 3. The Morgan fingerprint density at radius 1 is 1.35 bits per heavy atom. The molecule has 0 saturated carbocycles. The van der Waals surface area contributed by atoms with E-state index in [-0.39, 0.29) is 18.4 Å². The van der Waals surface area contributed by atoms with Crippen LogP contribution in [0.25, 0.3) is 0 Å². The zero-order chi connectivity index (χ0) is 14.4. The first-order valence-corrected chi connectivity index (χ1v) is 7.10. The van der Waals surface area contributed by atoms with Gasteiger partial charge in [-0.15, -0.1) is 0 Å². The topological polar surface area (TPSA) is 61.4 Å². The van der Waals surface area contributed by atoms with Gasteiger partial charge in [-0.3, -0.25) is 9.59 Å². The Kier molecular flexibility index (Phi) is 4.98. The minimum Gasteiger partial charge on any atom is -0.385 e. The van der Waals surface area contributed by atoms with E-state index in [9.17, 15) is 9.59 Å². The number of nitrogens with one attached hydrogen (secondary N) is 2. The molecule has 2 rings (SSSR count). The van der Waals surface area contributed by atoms with Gasteiger partial charge < -0.3 is 15.5 Å². The van der Waals surface area contributed by atoms with Crippen LogP contribution in [0.1, 0.15) is 30.1 Å².